The fourth-order valence-corrected chi connectivity index (χ4v) is 2.32. The average Bonchev–Trinajstić information content (AvgIpc) is 2.43. The maximum atomic E-state index is 13.8. The lowest BCUT2D eigenvalue weighted by molar-refractivity contribution is -0.163. The van der Waals surface area contributed by atoms with E-state index >= 15 is 0 Å². The van der Waals surface area contributed by atoms with Crippen molar-refractivity contribution in [2.24, 2.45) is 0 Å². The molecule has 6 heteroatoms. The lowest BCUT2D eigenvalue weighted by Gasteiger charge is -2.35. The van der Waals surface area contributed by atoms with Gasteiger partial charge in [0.15, 0.2) is 5.60 Å². The van der Waals surface area contributed by atoms with Crippen LogP contribution < -0.4 is 4.74 Å². The molecule has 1 aliphatic heterocycles. The van der Waals surface area contributed by atoms with E-state index in [1.807, 2.05) is 4.90 Å². The first-order valence-corrected chi connectivity index (χ1v) is 6.45. The van der Waals surface area contributed by atoms with E-state index in [1.54, 1.807) is 12.1 Å². The molecule has 0 saturated carbocycles. The summed E-state index contributed by atoms with van der Waals surface area (Å²) in [5.41, 5.74) is -1.11. The molecular formula is C14H18FNO4. The van der Waals surface area contributed by atoms with Crippen LogP contribution in [0.4, 0.5) is 4.39 Å². The minimum atomic E-state index is -1.64. The minimum Gasteiger partial charge on any atom is -0.497 e. The van der Waals surface area contributed by atoms with Gasteiger partial charge in [-0.05, 0) is 18.9 Å². The van der Waals surface area contributed by atoms with Crippen LogP contribution in [0, 0.1) is 5.82 Å². The number of hydrogen-bond donors (Lipinski definition) is 2. The predicted molar refractivity (Wildman–Crippen MR) is 70.0 cm³/mol. The number of piperidine rings is 1. The van der Waals surface area contributed by atoms with Crippen molar-refractivity contribution in [2.75, 3.05) is 20.2 Å². The average molecular weight is 283 g/mol. The lowest BCUT2D eigenvalue weighted by atomic mass is 9.91. The Morgan fingerprint density at radius 2 is 2.10 bits per heavy atom. The molecule has 1 fully saturated rings. The van der Waals surface area contributed by atoms with Crippen LogP contribution in [0.1, 0.15) is 18.4 Å². The molecular weight excluding hydrogens is 265 g/mol. The molecule has 0 unspecified atom stereocenters. The maximum Gasteiger partial charge on any atom is 0.335 e. The van der Waals surface area contributed by atoms with Gasteiger partial charge in [-0.1, -0.05) is 6.07 Å². The molecule has 5 nitrogen and oxygen atoms in total. The van der Waals surface area contributed by atoms with Crippen LogP contribution in [0.2, 0.25) is 0 Å². The number of carbonyl (C=O) groups is 1. The molecule has 2 N–H and O–H groups in total. The monoisotopic (exact) mass is 283 g/mol. The van der Waals surface area contributed by atoms with Gasteiger partial charge in [-0.15, -0.1) is 0 Å². The van der Waals surface area contributed by atoms with Gasteiger partial charge in [0.1, 0.15) is 11.6 Å². The Balaban J connectivity index is 1.98. The van der Waals surface area contributed by atoms with E-state index in [1.165, 1.54) is 13.2 Å². The Hall–Kier alpha value is -1.66. The van der Waals surface area contributed by atoms with Gasteiger partial charge in [0.25, 0.3) is 0 Å². The predicted octanol–water partition coefficient (Wildman–Crippen LogP) is 1.25. The molecule has 0 radical (unpaired) electrons. The molecule has 1 aromatic carbocycles. The topological polar surface area (TPSA) is 70.0 Å². The molecule has 0 aromatic heterocycles. The molecule has 110 valence electrons. The SMILES string of the molecule is COc1ccc(CN2CCC(O)(C(=O)O)CC2)c(F)c1. The zero-order valence-corrected chi connectivity index (χ0v) is 11.3. The Morgan fingerprint density at radius 1 is 1.45 bits per heavy atom. The zero-order valence-electron chi connectivity index (χ0n) is 11.3. The van der Waals surface area contributed by atoms with E-state index in [4.69, 9.17) is 9.84 Å². The van der Waals surface area contributed by atoms with E-state index in [0.717, 1.165) is 0 Å². The van der Waals surface area contributed by atoms with Crippen LogP contribution in [-0.2, 0) is 11.3 Å². The molecule has 0 amide bonds. The molecule has 0 aliphatic carbocycles. The van der Waals surface area contributed by atoms with Crippen molar-refractivity contribution in [2.45, 2.75) is 25.0 Å². The van der Waals surface area contributed by atoms with Crippen LogP contribution in [0.15, 0.2) is 18.2 Å². The van der Waals surface area contributed by atoms with Crippen molar-refractivity contribution in [3.8, 4) is 5.75 Å². The second-order valence-corrected chi connectivity index (χ2v) is 5.07. The highest BCUT2D eigenvalue weighted by Gasteiger charge is 2.39. The third kappa shape index (κ3) is 3.08. The third-order valence-corrected chi connectivity index (χ3v) is 3.74. The number of halogens is 1. The first-order valence-electron chi connectivity index (χ1n) is 6.45. The molecule has 0 bridgehead atoms. The van der Waals surface area contributed by atoms with E-state index < -0.39 is 11.6 Å². The summed E-state index contributed by atoms with van der Waals surface area (Å²) >= 11 is 0. The van der Waals surface area contributed by atoms with Crippen LogP contribution >= 0.6 is 0 Å². The van der Waals surface area contributed by atoms with Crippen LogP contribution in [-0.4, -0.2) is 46.9 Å². The first-order chi connectivity index (χ1) is 9.44. The summed E-state index contributed by atoms with van der Waals surface area (Å²) in [5, 5.41) is 18.8. The van der Waals surface area contributed by atoms with Crippen molar-refractivity contribution >= 4 is 5.97 Å². The number of likely N-dealkylation sites (tertiary alicyclic amines) is 1. The Bertz CT molecular complexity index is 498. The summed E-state index contributed by atoms with van der Waals surface area (Å²) in [4.78, 5) is 12.9. The molecule has 0 atom stereocenters. The first kappa shape index (κ1) is 14.7. The Morgan fingerprint density at radius 3 is 2.60 bits per heavy atom. The second-order valence-electron chi connectivity index (χ2n) is 5.07. The number of aliphatic carboxylic acids is 1. The van der Waals surface area contributed by atoms with Crippen molar-refractivity contribution in [3.05, 3.63) is 29.6 Å². The second kappa shape index (κ2) is 5.76. The fraction of sp³-hybridized carbons (Fsp3) is 0.500. The van der Waals surface area contributed by atoms with E-state index in [-0.39, 0.29) is 18.7 Å². The molecule has 0 spiro atoms. The quantitative estimate of drug-likeness (QED) is 0.870. The standard InChI is InChI=1S/C14H18FNO4/c1-20-11-3-2-10(12(15)8-11)9-16-6-4-14(19,5-7-16)13(17)18/h2-3,8,19H,4-7,9H2,1H3,(H,17,18). The number of methoxy groups -OCH3 is 1. The summed E-state index contributed by atoms with van der Waals surface area (Å²) in [6.07, 6.45) is 0.306. The molecule has 20 heavy (non-hydrogen) atoms. The van der Waals surface area contributed by atoms with Gasteiger partial charge in [0.2, 0.25) is 0 Å². The number of rotatable bonds is 4. The van der Waals surface area contributed by atoms with E-state index in [0.29, 0.717) is 30.9 Å². The van der Waals surface area contributed by atoms with Gasteiger partial charge in [0, 0.05) is 31.3 Å². The molecule has 1 aromatic rings. The van der Waals surface area contributed by atoms with Crippen LogP contribution in [0.25, 0.3) is 0 Å². The number of nitrogens with zero attached hydrogens (tertiary/aromatic N) is 1. The highest BCUT2D eigenvalue weighted by molar-refractivity contribution is 5.77. The van der Waals surface area contributed by atoms with Crippen molar-refractivity contribution in [1.82, 2.24) is 4.90 Å². The smallest absolute Gasteiger partial charge is 0.335 e. The number of hydrogen-bond acceptors (Lipinski definition) is 4. The molecule has 1 aliphatic rings. The maximum absolute atomic E-state index is 13.8. The van der Waals surface area contributed by atoms with Gasteiger partial charge in [-0.3, -0.25) is 4.90 Å². The number of benzene rings is 1. The van der Waals surface area contributed by atoms with Gasteiger partial charge in [0.05, 0.1) is 7.11 Å². The number of carboxylic acids is 1. The van der Waals surface area contributed by atoms with Crippen molar-refractivity contribution in [3.63, 3.8) is 0 Å². The summed E-state index contributed by atoms with van der Waals surface area (Å²) in [6.45, 7) is 1.24. The van der Waals surface area contributed by atoms with Gasteiger partial charge >= 0.3 is 5.97 Å². The summed E-state index contributed by atoms with van der Waals surface area (Å²) in [6, 6.07) is 4.68. The van der Waals surface area contributed by atoms with Crippen molar-refractivity contribution < 1.29 is 24.1 Å². The van der Waals surface area contributed by atoms with Crippen molar-refractivity contribution in [1.29, 1.82) is 0 Å². The van der Waals surface area contributed by atoms with Gasteiger partial charge in [-0.25, -0.2) is 9.18 Å². The van der Waals surface area contributed by atoms with Gasteiger partial charge < -0.3 is 14.9 Å². The number of aliphatic hydroxyl groups is 1. The summed E-state index contributed by atoms with van der Waals surface area (Å²) in [7, 11) is 1.48. The molecule has 1 saturated heterocycles. The fourth-order valence-electron chi connectivity index (χ4n) is 2.32. The summed E-state index contributed by atoms with van der Waals surface area (Å²) in [5.74, 6) is -1.07. The largest absolute Gasteiger partial charge is 0.497 e. The molecule has 2 rings (SSSR count). The van der Waals surface area contributed by atoms with Crippen LogP contribution in [0.3, 0.4) is 0 Å². The summed E-state index contributed by atoms with van der Waals surface area (Å²) < 4.78 is 18.8. The highest BCUT2D eigenvalue weighted by Crippen LogP contribution is 2.25. The number of carboxylic acid groups (broad SMARTS) is 1. The highest BCUT2D eigenvalue weighted by atomic mass is 19.1. The van der Waals surface area contributed by atoms with E-state index in [2.05, 4.69) is 0 Å². The van der Waals surface area contributed by atoms with Crippen LogP contribution in [0.5, 0.6) is 5.75 Å². The number of ether oxygens (including phenoxy) is 1. The third-order valence-electron chi connectivity index (χ3n) is 3.74. The Kier molecular flexibility index (Phi) is 4.25. The lowest BCUT2D eigenvalue weighted by Crippen LogP contribution is -2.49. The van der Waals surface area contributed by atoms with E-state index in [9.17, 15) is 14.3 Å². The normalized spacial score (nSPS) is 18.8. The minimum absolute atomic E-state index is 0.153. The van der Waals surface area contributed by atoms with Gasteiger partial charge in [-0.2, -0.15) is 0 Å². The molecule has 1 heterocycles. The Labute approximate surface area is 116 Å². The zero-order chi connectivity index (χ0) is 14.8.